The number of nitrogens with one attached hydrogen (secondary N) is 1. The summed E-state index contributed by atoms with van der Waals surface area (Å²) >= 11 is 0. The summed E-state index contributed by atoms with van der Waals surface area (Å²) in [7, 11) is 0. The summed E-state index contributed by atoms with van der Waals surface area (Å²) in [6.07, 6.45) is 56.1. The van der Waals surface area contributed by atoms with Gasteiger partial charge in [0.2, 0.25) is 5.91 Å². The molecule has 1 saturated heterocycles. The van der Waals surface area contributed by atoms with E-state index in [9.17, 15) is 30.3 Å². The number of carbonyl (C=O) groups excluding carboxylic acids is 1. The van der Waals surface area contributed by atoms with Gasteiger partial charge in [0.25, 0.3) is 0 Å². The Morgan fingerprint density at radius 2 is 0.896 bits per heavy atom. The molecule has 0 aromatic rings. The summed E-state index contributed by atoms with van der Waals surface area (Å²) in [5, 5.41) is 54.4. The zero-order valence-electron chi connectivity index (χ0n) is 43.4. The van der Waals surface area contributed by atoms with Crippen molar-refractivity contribution in [2.24, 2.45) is 0 Å². The van der Waals surface area contributed by atoms with E-state index in [1.807, 2.05) is 6.08 Å². The zero-order valence-corrected chi connectivity index (χ0v) is 43.4. The lowest BCUT2D eigenvalue weighted by Gasteiger charge is -2.40. The number of carbonyl (C=O) groups is 1. The van der Waals surface area contributed by atoms with E-state index in [1.54, 1.807) is 6.08 Å². The van der Waals surface area contributed by atoms with Gasteiger partial charge in [-0.2, -0.15) is 0 Å². The van der Waals surface area contributed by atoms with Gasteiger partial charge in [0.1, 0.15) is 24.4 Å². The van der Waals surface area contributed by atoms with E-state index >= 15 is 0 Å². The van der Waals surface area contributed by atoms with Crippen LogP contribution in [0.5, 0.6) is 0 Å². The van der Waals surface area contributed by atoms with Crippen molar-refractivity contribution in [3.63, 3.8) is 0 Å². The van der Waals surface area contributed by atoms with Crippen LogP contribution < -0.4 is 5.32 Å². The molecule has 0 saturated carbocycles. The fourth-order valence-electron chi connectivity index (χ4n) is 8.85. The van der Waals surface area contributed by atoms with Crippen LogP contribution in [-0.2, 0) is 14.3 Å². The number of ether oxygens (including phenoxy) is 2. The number of unbranched alkanes of at least 4 members (excludes halogenated alkanes) is 32. The van der Waals surface area contributed by atoms with Crippen LogP contribution >= 0.6 is 0 Å². The normalized spacial score (nSPS) is 20.0. The second-order valence-electron chi connectivity index (χ2n) is 19.7. The van der Waals surface area contributed by atoms with E-state index < -0.39 is 49.5 Å². The molecule has 1 heterocycles. The average molecular weight is 946 g/mol. The summed E-state index contributed by atoms with van der Waals surface area (Å²) in [6, 6.07) is -0.830. The van der Waals surface area contributed by atoms with Gasteiger partial charge < -0.3 is 40.3 Å². The Labute approximate surface area is 412 Å². The molecule has 0 radical (unpaired) electrons. The van der Waals surface area contributed by atoms with Crippen LogP contribution in [0.15, 0.2) is 48.6 Å². The second-order valence-corrected chi connectivity index (χ2v) is 19.7. The van der Waals surface area contributed by atoms with Crippen LogP contribution in [0.4, 0.5) is 0 Å². The van der Waals surface area contributed by atoms with Gasteiger partial charge in [-0.25, -0.2) is 0 Å². The monoisotopic (exact) mass is 946 g/mol. The molecule has 1 rings (SSSR count). The first kappa shape index (κ1) is 63.2. The second kappa shape index (κ2) is 47.8. The predicted octanol–water partition coefficient (Wildman–Crippen LogP) is 13.7. The fourth-order valence-corrected chi connectivity index (χ4v) is 8.85. The molecular weight excluding hydrogens is 839 g/mol. The summed E-state index contributed by atoms with van der Waals surface area (Å²) in [5.41, 5.74) is 0. The molecule has 67 heavy (non-hydrogen) atoms. The minimum Gasteiger partial charge on any atom is -0.394 e. The van der Waals surface area contributed by atoms with E-state index in [0.29, 0.717) is 6.42 Å². The third kappa shape index (κ3) is 37.6. The minimum atomic E-state index is -1.58. The third-order valence-electron chi connectivity index (χ3n) is 13.4. The van der Waals surface area contributed by atoms with Gasteiger partial charge >= 0.3 is 0 Å². The van der Waals surface area contributed by atoms with Crippen molar-refractivity contribution in [3.05, 3.63) is 48.6 Å². The van der Waals surface area contributed by atoms with Crippen LogP contribution in [0.2, 0.25) is 0 Å². The first-order chi connectivity index (χ1) is 32.8. The molecule has 0 bridgehead atoms. The van der Waals surface area contributed by atoms with E-state index in [0.717, 1.165) is 64.2 Å². The van der Waals surface area contributed by atoms with Crippen LogP contribution in [0.3, 0.4) is 0 Å². The molecule has 1 amide bonds. The number of allylic oxidation sites excluding steroid dienone is 7. The average Bonchev–Trinajstić information content (AvgIpc) is 3.33. The lowest BCUT2D eigenvalue weighted by Crippen LogP contribution is -2.60. The summed E-state index contributed by atoms with van der Waals surface area (Å²) in [4.78, 5) is 13.0. The topological polar surface area (TPSA) is 149 Å². The van der Waals surface area contributed by atoms with Crippen LogP contribution in [0.25, 0.3) is 0 Å². The van der Waals surface area contributed by atoms with Crippen molar-refractivity contribution in [1.82, 2.24) is 5.32 Å². The summed E-state index contributed by atoms with van der Waals surface area (Å²) in [5.74, 6) is -0.199. The molecule has 1 aliphatic rings. The highest BCUT2D eigenvalue weighted by atomic mass is 16.7. The van der Waals surface area contributed by atoms with Gasteiger partial charge in [-0.3, -0.25) is 4.79 Å². The lowest BCUT2D eigenvalue weighted by atomic mass is 9.99. The van der Waals surface area contributed by atoms with Gasteiger partial charge in [-0.05, 0) is 64.2 Å². The molecule has 1 aliphatic heterocycles. The van der Waals surface area contributed by atoms with E-state index in [2.05, 4.69) is 55.6 Å². The highest BCUT2D eigenvalue weighted by molar-refractivity contribution is 5.76. The Morgan fingerprint density at radius 3 is 1.36 bits per heavy atom. The largest absolute Gasteiger partial charge is 0.394 e. The van der Waals surface area contributed by atoms with Gasteiger partial charge in [0.05, 0.1) is 25.4 Å². The quantitative estimate of drug-likeness (QED) is 0.0261. The molecule has 0 aliphatic carbocycles. The first-order valence-electron chi connectivity index (χ1n) is 28.4. The smallest absolute Gasteiger partial charge is 0.220 e. The maximum atomic E-state index is 13.0. The summed E-state index contributed by atoms with van der Waals surface area (Å²) in [6.45, 7) is 3.75. The highest BCUT2D eigenvalue weighted by Crippen LogP contribution is 2.23. The maximum Gasteiger partial charge on any atom is 0.220 e. The van der Waals surface area contributed by atoms with Gasteiger partial charge in [0, 0.05) is 6.42 Å². The number of rotatable bonds is 48. The number of amides is 1. The Bertz CT molecular complexity index is 1190. The maximum absolute atomic E-state index is 13.0. The standard InChI is InChI=1S/C58H107NO8/c1-3-5-7-9-11-13-15-17-19-21-22-23-24-25-26-27-28-29-30-31-32-33-35-37-39-41-43-45-47-52(61)51(50-66-58-57(65)56(64)55(63)53(49-60)67-58)59-54(62)48-46-44-42-40-38-36-34-20-18-16-14-12-10-8-6-4-2/h14,16,20,34,37,39,45,47,51-53,55-58,60-61,63-65H,3-13,15,17-19,21-33,35-36,38,40-44,46,48-50H2,1-2H3,(H,59,62)/b16-14-,34-20-,39-37+,47-45+. The Kier molecular flexibility index (Phi) is 45.1. The van der Waals surface area contributed by atoms with Crippen LogP contribution in [0.1, 0.15) is 258 Å². The minimum absolute atomic E-state index is 0.199. The van der Waals surface area contributed by atoms with Gasteiger partial charge in [0.15, 0.2) is 6.29 Å². The molecule has 0 aromatic carbocycles. The number of hydrogen-bond donors (Lipinski definition) is 6. The van der Waals surface area contributed by atoms with E-state index in [1.165, 1.54) is 173 Å². The van der Waals surface area contributed by atoms with Gasteiger partial charge in [-0.15, -0.1) is 0 Å². The molecule has 9 nitrogen and oxygen atoms in total. The van der Waals surface area contributed by atoms with Gasteiger partial charge in [-0.1, -0.05) is 236 Å². The Balaban J connectivity index is 2.24. The number of hydrogen-bond acceptors (Lipinski definition) is 8. The molecule has 1 fully saturated rings. The molecule has 9 heteroatoms. The Hall–Kier alpha value is -1.85. The zero-order chi connectivity index (χ0) is 48.7. The fraction of sp³-hybridized carbons (Fsp3) is 0.845. The molecule has 7 unspecified atom stereocenters. The predicted molar refractivity (Wildman–Crippen MR) is 281 cm³/mol. The van der Waals surface area contributed by atoms with E-state index in [-0.39, 0.29) is 12.5 Å². The van der Waals surface area contributed by atoms with E-state index in [4.69, 9.17) is 9.47 Å². The summed E-state index contributed by atoms with van der Waals surface area (Å²) < 4.78 is 11.2. The number of aliphatic hydroxyl groups is 5. The van der Waals surface area contributed by atoms with Crippen LogP contribution in [-0.4, -0.2) is 87.5 Å². The molecule has 392 valence electrons. The lowest BCUT2D eigenvalue weighted by molar-refractivity contribution is -0.302. The van der Waals surface area contributed by atoms with Crippen molar-refractivity contribution in [3.8, 4) is 0 Å². The molecular formula is C58H107NO8. The third-order valence-corrected chi connectivity index (χ3v) is 13.4. The molecule has 7 atom stereocenters. The first-order valence-corrected chi connectivity index (χ1v) is 28.4. The van der Waals surface area contributed by atoms with Crippen molar-refractivity contribution in [1.29, 1.82) is 0 Å². The van der Waals surface area contributed by atoms with Crippen molar-refractivity contribution < 1.29 is 39.8 Å². The van der Waals surface area contributed by atoms with Crippen molar-refractivity contribution in [2.45, 2.75) is 301 Å². The highest BCUT2D eigenvalue weighted by Gasteiger charge is 2.44. The molecule has 0 spiro atoms. The number of aliphatic hydroxyl groups excluding tert-OH is 5. The van der Waals surface area contributed by atoms with Crippen molar-refractivity contribution in [2.75, 3.05) is 13.2 Å². The molecule has 6 N–H and O–H groups in total. The van der Waals surface area contributed by atoms with Crippen LogP contribution in [0, 0.1) is 0 Å². The SMILES string of the molecule is CCCCCC/C=C\C/C=C\CCCCCCCC(=O)NC(COC1OC(CO)C(O)C(O)C1O)C(O)/C=C/CC/C=C/CCCCCCCCCCCCCCCCCCCCCCCC. The molecule has 0 aromatic heterocycles. The Morgan fingerprint density at radius 1 is 0.507 bits per heavy atom. The van der Waals surface area contributed by atoms with Crippen molar-refractivity contribution >= 4 is 5.91 Å².